The number of hydrogen-bond donors (Lipinski definition) is 2. The monoisotopic (exact) mass is 407 g/mol. The largest absolute Gasteiger partial charge is 0.457 e. The zero-order chi connectivity index (χ0) is 20.8. The molecule has 0 unspecified atom stereocenters. The van der Waals surface area contributed by atoms with Gasteiger partial charge in [0.05, 0.1) is 16.2 Å². The van der Waals surface area contributed by atoms with Crippen LogP contribution in [0.2, 0.25) is 0 Å². The van der Waals surface area contributed by atoms with Gasteiger partial charge in [-0.15, -0.1) is 0 Å². The van der Waals surface area contributed by atoms with Crippen molar-refractivity contribution in [3.05, 3.63) is 88.2 Å². The smallest absolute Gasteiger partial charge is 0.274 e. The van der Waals surface area contributed by atoms with E-state index in [4.69, 9.17) is 16.6 Å². The number of carbonyl (C=O) groups excluding carboxylic acids is 1. The summed E-state index contributed by atoms with van der Waals surface area (Å²) in [4.78, 5) is 22.6. The molecule has 29 heavy (non-hydrogen) atoms. The van der Waals surface area contributed by atoms with Crippen molar-refractivity contribution in [3.8, 4) is 11.3 Å². The first kappa shape index (κ1) is 20.0. The third-order valence-electron chi connectivity index (χ3n) is 4.07. The van der Waals surface area contributed by atoms with Crippen LogP contribution in [0.15, 0.2) is 71.2 Å². The van der Waals surface area contributed by atoms with Crippen molar-refractivity contribution >= 4 is 40.7 Å². The van der Waals surface area contributed by atoms with Gasteiger partial charge in [-0.3, -0.25) is 20.2 Å². The summed E-state index contributed by atoms with van der Waals surface area (Å²) in [7, 11) is 0. The molecule has 7 nitrogen and oxygen atoms in total. The third kappa shape index (κ3) is 5.14. The number of nitrogens with one attached hydrogen (secondary N) is 2. The highest BCUT2D eigenvalue weighted by atomic mass is 32.1. The van der Waals surface area contributed by atoms with E-state index in [-0.39, 0.29) is 10.8 Å². The lowest BCUT2D eigenvalue weighted by Crippen LogP contribution is -2.33. The average molecular weight is 407 g/mol. The lowest BCUT2D eigenvalue weighted by Gasteiger charge is -2.10. The first-order valence-corrected chi connectivity index (χ1v) is 9.04. The van der Waals surface area contributed by atoms with Gasteiger partial charge >= 0.3 is 0 Å². The lowest BCUT2D eigenvalue weighted by atomic mass is 10.1. The van der Waals surface area contributed by atoms with Crippen LogP contribution in [0.4, 0.5) is 11.4 Å². The van der Waals surface area contributed by atoms with E-state index in [1.165, 1.54) is 18.2 Å². The molecule has 1 aromatic heterocycles. The van der Waals surface area contributed by atoms with E-state index in [2.05, 4.69) is 10.6 Å². The number of nitro groups is 1. The maximum absolute atomic E-state index is 12.1. The second kappa shape index (κ2) is 8.94. The number of benzene rings is 2. The van der Waals surface area contributed by atoms with Crippen LogP contribution in [0.25, 0.3) is 17.4 Å². The molecular formula is C21H17N3O4S. The Morgan fingerprint density at radius 2 is 1.86 bits per heavy atom. The van der Waals surface area contributed by atoms with E-state index < -0.39 is 10.8 Å². The van der Waals surface area contributed by atoms with Crippen molar-refractivity contribution in [1.29, 1.82) is 0 Å². The molecule has 2 aromatic carbocycles. The van der Waals surface area contributed by atoms with Crippen molar-refractivity contribution in [3.63, 3.8) is 0 Å². The summed E-state index contributed by atoms with van der Waals surface area (Å²) >= 11 is 5.11. The minimum Gasteiger partial charge on any atom is -0.457 e. The molecule has 0 atom stereocenters. The van der Waals surface area contributed by atoms with Crippen LogP contribution < -0.4 is 10.6 Å². The molecular weight excluding hydrogens is 390 g/mol. The molecule has 146 valence electrons. The third-order valence-corrected chi connectivity index (χ3v) is 4.28. The Hall–Kier alpha value is -3.78. The van der Waals surface area contributed by atoms with Gasteiger partial charge in [-0.25, -0.2) is 0 Å². The highest BCUT2D eigenvalue weighted by molar-refractivity contribution is 7.80. The summed E-state index contributed by atoms with van der Waals surface area (Å²) < 4.78 is 5.69. The molecule has 0 aliphatic heterocycles. The number of amides is 1. The Balaban J connectivity index is 1.60. The van der Waals surface area contributed by atoms with E-state index in [9.17, 15) is 14.9 Å². The second-order valence-electron chi connectivity index (χ2n) is 6.05. The Kier molecular flexibility index (Phi) is 6.16. The highest BCUT2D eigenvalue weighted by Gasteiger charge is 2.14. The lowest BCUT2D eigenvalue weighted by molar-refractivity contribution is -0.385. The van der Waals surface area contributed by atoms with E-state index in [0.717, 1.165) is 5.56 Å². The predicted molar refractivity (Wildman–Crippen MR) is 115 cm³/mol. The minimum absolute atomic E-state index is 0.0314. The normalized spacial score (nSPS) is 10.7. The Morgan fingerprint density at radius 3 is 2.59 bits per heavy atom. The van der Waals surface area contributed by atoms with Crippen molar-refractivity contribution < 1.29 is 14.1 Å². The van der Waals surface area contributed by atoms with Gasteiger partial charge in [-0.1, -0.05) is 36.4 Å². The molecule has 0 saturated carbocycles. The van der Waals surface area contributed by atoms with Gasteiger partial charge in [0.25, 0.3) is 5.69 Å². The summed E-state index contributed by atoms with van der Waals surface area (Å²) in [6.45, 7) is 1.60. The molecule has 0 aliphatic carbocycles. The number of thiocarbonyl (C=S) groups is 1. The fourth-order valence-electron chi connectivity index (χ4n) is 2.62. The van der Waals surface area contributed by atoms with Crippen LogP contribution in [0.5, 0.6) is 0 Å². The van der Waals surface area contributed by atoms with Gasteiger partial charge in [0.1, 0.15) is 11.5 Å². The molecule has 8 heteroatoms. The Morgan fingerprint density at radius 1 is 1.10 bits per heavy atom. The number of nitrogens with zero attached hydrogens (tertiary/aromatic N) is 1. The van der Waals surface area contributed by atoms with Gasteiger partial charge in [0, 0.05) is 17.7 Å². The highest BCUT2D eigenvalue weighted by Crippen LogP contribution is 2.25. The standard InChI is InChI=1S/C21H17N3O4S/c1-14-17(8-5-9-18(14)24(26)27)22-21(29)23-20(25)13-11-16-10-12-19(28-16)15-6-3-2-4-7-15/h2-13H,1H3,(H2,22,23,25,29)/b13-11+. The Bertz CT molecular complexity index is 1090. The van der Waals surface area contributed by atoms with Gasteiger partial charge in [0.15, 0.2) is 5.11 Å². The van der Waals surface area contributed by atoms with Crippen LogP contribution in [-0.4, -0.2) is 15.9 Å². The van der Waals surface area contributed by atoms with Gasteiger partial charge in [0.2, 0.25) is 5.91 Å². The van der Waals surface area contributed by atoms with Crippen LogP contribution in [0.3, 0.4) is 0 Å². The van der Waals surface area contributed by atoms with E-state index in [1.54, 1.807) is 25.1 Å². The molecule has 0 aliphatic rings. The summed E-state index contributed by atoms with van der Waals surface area (Å²) in [5.74, 6) is 0.764. The maximum atomic E-state index is 12.1. The van der Waals surface area contributed by atoms with E-state index in [1.807, 2.05) is 36.4 Å². The molecule has 1 amide bonds. The molecule has 0 fully saturated rings. The molecule has 0 spiro atoms. The number of furan rings is 1. The van der Waals surface area contributed by atoms with Crippen molar-refractivity contribution in [2.24, 2.45) is 0 Å². The van der Waals surface area contributed by atoms with E-state index in [0.29, 0.717) is 22.8 Å². The minimum atomic E-state index is -0.474. The van der Waals surface area contributed by atoms with E-state index >= 15 is 0 Å². The zero-order valence-corrected chi connectivity index (χ0v) is 16.2. The van der Waals surface area contributed by atoms with Crippen LogP contribution in [0.1, 0.15) is 11.3 Å². The first-order valence-electron chi connectivity index (χ1n) is 8.63. The number of carbonyl (C=O) groups is 1. The molecule has 2 N–H and O–H groups in total. The fourth-order valence-corrected chi connectivity index (χ4v) is 2.83. The summed E-state index contributed by atoms with van der Waals surface area (Å²) in [6.07, 6.45) is 2.82. The molecule has 0 saturated heterocycles. The van der Waals surface area contributed by atoms with Crippen LogP contribution in [0, 0.1) is 17.0 Å². The maximum Gasteiger partial charge on any atom is 0.274 e. The van der Waals surface area contributed by atoms with Crippen molar-refractivity contribution in [2.45, 2.75) is 6.92 Å². The number of nitro benzene ring substituents is 1. The molecule has 0 bridgehead atoms. The number of rotatable bonds is 5. The number of anilines is 1. The summed E-state index contributed by atoms with van der Waals surface area (Å²) in [5, 5.41) is 16.3. The SMILES string of the molecule is Cc1c(NC(=S)NC(=O)/C=C/c2ccc(-c3ccccc3)o2)cccc1[N+](=O)[O-]. The Labute approximate surface area is 172 Å². The molecule has 1 heterocycles. The molecule has 0 radical (unpaired) electrons. The van der Waals surface area contributed by atoms with Crippen LogP contribution >= 0.6 is 12.2 Å². The summed E-state index contributed by atoms with van der Waals surface area (Å²) in [6, 6.07) is 17.8. The topological polar surface area (TPSA) is 97.4 Å². The van der Waals surface area contributed by atoms with Gasteiger partial charge in [-0.2, -0.15) is 0 Å². The fraction of sp³-hybridized carbons (Fsp3) is 0.0476. The summed E-state index contributed by atoms with van der Waals surface area (Å²) in [5.41, 5.74) is 1.78. The average Bonchev–Trinajstić information content (AvgIpc) is 3.17. The quantitative estimate of drug-likeness (QED) is 0.276. The molecule has 3 rings (SSSR count). The number of hydrogen-bond acceptors (Lipinski definition) is 5. The first-order chi connectivity index (χ1) is 13.9. The predicted octanol–water partition coefficient (Wildman–Crippen LogP) is 4.69. The van der Waals surface area contributed by atoms with Gasteiger partial charge in [-0.05, 0) is 43.4 Å². The van der Waals surface area contributed by atoms with Gasteiger partial charge < -0.3 is 9.73 Å². The van der Waals surface area contributed by atoms with Crippen molar-refractivity contribution in [2.75, 3.05) is 5.32 Å². The second-order valence-corrected chi connectivity index (χ2v) is 6.46. The van der Waals surface area contributed by atoms with Crippen LogP contribution in [-0.2, 0) is 4.79 Å². The zero-order valence-electron chi connectivity index (χ0n) is 15.4. The van der Waals surface area contributed by atoms with Crippen molar-refractivity contribution in [1.82, 2.24) is 5.32 Å². The molecule has 3 aromatic rings.